The van der Waals surface area contributed by atoms with Crippen LogP contribution in [0.5, 0.6) is 0 Å². The van der Waals surface area contributed by atoms with Crippen molar-refractivity contribution in [1.82, 2.24) is 4.90 Å². The van der Waals surface area contributed by atoms with Gasteiger partial charge in [0.2, 0.25) is 0 Å². The van der Waals surface area contributed by atoms with E-state index >= 15 is 0 Å². The first-order valence-corrected chi connectivity index (χ1v) is 4.48. The topological polar surface area (TPSA) is 29.3 Å². The monoisotopic (exact) mass is 183 g/mol. The minimum atomic E-state index is -0.310. The normalized spacial score (nSPS) is 26.3. The van der Waals surface area contributed by atoms with Crippen molar-refractivity contribution in [3.63, 3.8) is 0 Å². The summed E-state index contributed by atoms with van der Waals surface area (Å²) in [5.41, 5.74) is 0.640. The Bertz CT molecular complexity index is 245. The van der Waals surface area contributed by atoms with Crippen molar-refractivity contribution in [1.29, 1.82) is 0 Å². The van der Waals surface area contributed by atoms with Gasteiger partial charge in [0.05, 0.1) is 0 Å². The summed E-state index contributed by atoms with van der Waals surface area (Å²) in [4.78, 5) is 13.3. The number of hydrogen-bond donors (Lipinski definition) is 0. The Morgan fingerprint density at radius 2 is 2.08 bits per heavy atom. The molecule has 0 bridgehead atoms. The van der Waals surface area contributed by atoms with Gasteiger partial charge >= 0.3 is 5.97 Å². The molecule has 1 fully saturated rings. The molecular weight excluding hydrogens is 166 g/mol. The lowest BCUT2D eigenvalue weighted by Gasteiger charge is -2.16. The van der Waals surface area contributed by atoms with Gasteiger partial charge in [0, 0.05) is 17.7 Å². The molecule has 0 aliphatic carbocycles. The van der Waals surface area contributed by atoms with Crippen LogP contribution in [0.3, 0.4) is 0 Å². The van der Waals surface area contributed by atoms with Crippen LogP contribution in [0.4, 0.5) is 0 Å². The molecule has 1 rings (SSSR count). The molecule has 13 heavy (non-hydrogen) atoms. The van der Waals surface area contributed by atoms with E-state index in [0.717, 1.165) is 6.54 Å². The van der Waals surface area contributed by atoms with E-state index in [4.69, 9.17) is 4.74 Å². The van der Waals surface area contributed by atoms with E-state index in [2.05, 4.69) is 25.3 Å². The minimum Gasteiger partial charge on any atom is -0.443 e. The largest absolute Gasteiger partial charge is 0.443 e. The lowest BCUT2D eigenvalue weighted by molar-refractivity contribution is -0.148. The number of hydrogen-bond acceptors (Lipinski definition) is 3. The lowest BCUT2D eigenvalue weighted by Crippen LogP contribution is -2.26. The molecule has 74 valence electrons. The predicted octanol–water partition coefficient (Wildman–Crippen LogP) is 1.55. The Hall–Kier alpha value is -0.830. The molecule has 3 nitrogen and oxygen atoms in total. The van der Waals surface area contributed by atoms with Crippen molar-refractivity contribution in [2.45, 2.75) is 39.5 Å². The molecule has 1 heterocycles. The third-order valence-electron chi connectivity index (χ3n) is 2.30. The second-order valence-corrected chi connectivity index (χ2v) is 4.23. The standard InChI is InChI=1S/C10H17NO2/c1-7(2)9(12)13-8(3)11-6-10(11,4)5/h8H,1,6H2,2-5H3. The van der Waals surface area contributed by atoms with Crippen LogP contribution >= 0.6 is 0 Å². The maximum atomic E-state index is 11.1. The number of esters is 1. The van der Waals surface area contributed by atoms with Gasteiger partial charge < -0.3 is 4.74 Å². The fraction of sp³-hybridized carbons (Fsp3) is 0.700. The van der Waals surface area contributed by atoms with Gasteiger partial charge in [-0.05, 0) is 27.7 Å². The molecule has 2 unspecified atom stereocenters. The van der Waals surface area contributed by atoms with Crippen molar-refractivity contribution in [3.05, 3.63) is 12.2 Å². The molecule has 0 aromatic carbocycles. The SMILES string of the molecule is C=C(C)C(=O)OC(C)N1CC1(C)C. The van der Waals surface area contributed by atoms with E-state index in [1.807, 2.05) is 6.92 Å². The summed E-state index contributed by atoms with van der Waals surface area (Å²) in [6, 6.07) is 0. The first kappa shape index (κ1) is 10.3. The summed E-state index contributed by atoms with van der Waals surface area (Å²) in [7, 11) is 0. The first-order valence-electron chi connectivity index (χ1n) is 4.48. The summed E-state index contributed by atoms with van der Waals surface area (Å²) in [6.07, 6.45) is -0.140. The smallest absolute Gasteiger partial charge is 0.334 e. The Kier molecular flexibility index (Phi) is 2.48. The summed E-state index contributed by atoms with van der Waals surface area (Å²) < 4.78 is 5.16. The maximum Gasteiger partial charge on any atom is 0.334 e. The predicted molar refractivity (Wildman–Crippen MR) is 51.2 cm³/mol. The molecule has 0 aromatic rings. The molecule has 3 heteroatoms. The zero-order valence-corrected chi connectivity index (χ0v) is 8.76. The number of carbonyl (C=O) groups excluding carboxylic acids is 1. The summed E-state index contributed by atoms with van der Waals surface area (Å²) in [5, 5.41) is 0. The van der Waals surface area contributed by atoms with Crippen LogP contribution < -0.4 is 0 Å². The Balaban J connectivity index is 2.39. The van der Waals surface area contributed by atoms with E-state index in [-0.39, 0.29) is 17.7 Å². The first-order chi connectivity index (χ1) is 5.84. The Morgan fingerprint density at radius 1 is 1.62 bits per heavy atom. The second-order valence-electron chi connectivity index (χ2n) is 4.23. The number of carbonyl (C=O) groups is 1. The third kappa shape index (κ3) is 2.31. The summed E-state index contributed by atoms with van der Waals surface area (Å²) >= 11 is 0. The van der Waals surface area contributed by atoms with Crippen LogP contribution in [-0.4, -0.2) is 29.2 Å². The van der Waals surface area contributed by atoms with Gasteiger partial charge in [0.15, 0.2) is 6.23 Å². The van der Waals surface area contributed by atoms with Gasteiger partial charge in [0.1, 0.15) is 0 Å². The van der Waals surface area contributed by atoms with Gasteiger partial charge in [-0.1, -0.05) is 6.58 Å². The van der Waals surface area contributed by atoms with Crippen molar-refractivity contribution in [3.8, 4) is 0 Å². The van der Waals surface area contributed by atoms with E-state index in [1.165, 1.54) is 0 Å². The van der Waals surface area contributed by atoms with E-state index in [0.29, 0.717) is 5.57 Å². The van der Waals surface area contributed by atoms with Gasteiger partial charge in [-0.2, -0.15) is 0 Å². The Morgan fingerprint density at radius 3 is 2.38 bits per heavy atom. The molecule has 1 aliphatic rings. The van der Waals surface area contributed by atoms with E-state index < -0.39 is 0 Å². The summed E-state index contributed by atoms with van der Waals surface area (Å²) in [5.74, 6) is -0.310. The maximum absolute atomic E-state index is 11.1. The average molecular weight is 183 g/mol. The highest BCUT2D eigenvalue weighted by Gasteiger charge is 2.47. The van der Waals surface area contributed by atoms with Crippen LogP contribution in [0.15, 0.2) is 12.2 Å². The fourth-order valence-corrected chi connectivity index (χ4v) is 1.32. The van der Waals surface area contributed by atoms with Gasteiger partial charge in [-0.15, -0.1) is 0 Å². The molecule has 1 saturated heterocycles. The van der Waals surface area contributed by atoms with Crippen LogP contribution in [0.25, 0.3) is 0 Å². The van der Waals surface area contributed by atoms with Crippen molar-refractivity contribution < 1.29 is 9.53 Å². The second kappa shape index (κ2) is 3.14. The van der Waals surface area contributed by atoms with Crippen molar-refractivity contribution in [2.75, 3.05) is 6.54 Å². The highest BCUT2D eigenvalue weighted by Crippen LogP contribution is 2.33. The van der Waals surface area contributed by atoms with Crippen LogP contribution in [0.2, 0.25) is 0 Å². The summed E-state index contributed by atoms with van der Waals surface area (Å²) in [6.45, 7) is 12.3. The zero-order valence-electron chi connectivity index (χ0n) is 8.76. The van der Waals surface area contributed by atoms with E-state index in [9.17, 15) is 4.79 Å². The van der Waals surface area contributed by atoms with Crippen LogP contribution in [-0.2, 0) is 9.53 Å². The highest BCUT2D eigenvalue weighted by atomic mass is 16.6. The number of ether oxygens (including phenoxy) is 1. The molecule has 1 aliphatic heterocycles. The van der Waals surface area contributed by atoms with Crippen molar-refractivity contribution >= 4 is 5.97 Å². The molecule has 0 amide bonds. The molecular formula is C10H17NO2. The van der Waals surface area contributed by atoms with Crippen LogP contribution in [0, 0.1) is 0 Å². The number of nitrogens with zero attached hydrogens (tertiary/aromatic N) is 1. The molecule has 0 aromatic heterocycles. The molecule has 0 saturated carbocycles. The lowest BCUT2D eigenvalue weighted by atomic mass is 10.2. The zero-order chi connectivity index (χ0) is 10.2. The van der Waals surface area contributed by atoms with Gasteiger partial charge in [-0.3, -0.25) is 4.90 Å². The van der Waals surface area contributed by atoms with E-state index in [1.54, 1.807) is 6.92 Å². The average Bonchev–Trinajstić information content (AvgIpc) is 2.59. The highest BCUT2D eigenvalue weighted by molar-refractivity contribution is 5.87. The van der Waals surface area contributed by atoms with Crippen LogP contribution in [0.1, 0.15) is 27.7 Å². The van der Waals surface area contributed by atoms with Gasteiger partial charge in [-0.25, -0.2) is 4.79 Å². The van der Waals surface area contributed by atoms with Gasteiger partial charge in [0.25, 0.3) is 0 Å². The Labute approximate surface area is 79.4 Å². The molecule has 0 N–H and O–H groups in total. The quantitative estimate of drug-likeness (QED) is 0.377. The fourth-order valence-electron chi connectivity index (χ4n) is 1.32. The molecule has 0 radical (unpaired) electrons. The number of rotatable bonds is 3. The molecule has 2 atom stereocenters. The molecule has 0 spiro atoms. The third-order valence-corrected chi connectivity index (χ3v) is 2.30. The van der Waals surface area contributed by atoms with Crippen molar-refractivity contribution in [2.24, 2.45) is 0 Å². The minimum absolute atomic E-state index is 0.140.